The van der Waals surface area contributed by atoms with Gasteiger partial charge in [0.25, 0.3) is 10.0 Å². The van der Waals surface area contributed by atoms with Gasteiger partial charge in [-0.15, -0.1) is 0 Å². The molecule has 23 heavy (non-hydrogen) atoms. The number of benzene rings is 2. The molecule has 0 aromatic heterocycles. The summed E-state index contributed by atoms with van der Waals surface area (Å²) in [5.74, 6) is -0.917. The van der Waals surface area contributed by atoms with E-state index in [4.69, 9.17) is 16.9 Å². The zero-order valence-corrected chi connectivity index (χ0v) is 14.4. The van der Waals surface area contributed by atoms with E-state index in [2.05, 4.69) is 4.72 Å². The Labute approximate surface area is 143 Å². The van der Waals surface area contributed by atoms with Crippen molar-refractivity contribution in [3.63, 3.8) is 0 Å². The van der Waals surface area contributed by atoms with Crippen molar-refractivity contribution in [2.24, 2.45) is 0 Å². The Bertz CT molecular complexity index is 880. The topological polar surface area (TPSA) is 70.0 Å². The summed E-state index contributed by atoms with van der Waals surface area (Å²) in [7, 11) is -4.07. The highest BCUT2D eigenvalue weighted by atomic mass is 35.5. The minimum Gasteiger partial charge on any atom is -0.279 e. The van der Waals surface area contributed by atoms with Crippen LogP contribution in [-0.2, 0) is 16.4 Å². The van der Waals surface area contributed by atoms with E-state index in [1.165, 1.54) is 6.07 Å². The molecule has 0 amide bonds. The van der Waals surface area contributed by atoms with Crippen molar-refractivity contribution >= 4 is 39.1 Å². The molecule has 2 rings (SSSR count). The molecule has 0 aliphatic heterocycles. The molecule has 0 atom stereocenters. The van der Waals surface area contributed by atoms with Crippen LogP contribution in [0.4, 0.5) is 10.1 Å². The van der Waals surface area contributed by atoms with E-state index in [0.29, 0.717) is 22.6 Å². The third-order valence-electron chi connectivity index (χ3n) is 3.05. The third kappa shape index (κ3) is 4.16. The largest absolute Gasteiger partial charge is 0.279 e. The molecule has 0 aliphatic rings. The van der Waals surface area contributed by atoms with E-state index in [9.17, 15) is 12.8 Å². The van der Waals surface area contributed by atoms with Crippen molar-refractivity contribution < 1.29 is 12.8 Å². The molecule has 0 saturated carbocycles. The van der Waals surface area contributed by atoms with Crippen LogP contribution in [0.2, 0.25) is 5.02 Å². The maximum Gasteiger partial charge on any atom is 0.264 e. The number of hydrogen-bond acceptors (Lipinski definition) is 4. The number of nitrogens with one attached hydrogen (secondary N) is 1. The van der Waals surface area contributed by atoms with Crippen molar-refractivity contribution in [1.29, 1.82) is 5.26 Å². The molecule has 0 bridgehead atoms. The molecule has 0 saturated heterocycles. The van der Waals surface area contributed by atoms with Gasteiger partial charge in [-0.1, -0.05) is 18.5 Å². The second-order valence-electron chi connectivity index (χ2n) is 4.55. The van der Waals surface area contributed by atoms with Gasteiger partial charge in [-0.25, -0.2) is 12.8 Å². The molecule has 2 aromatic carbocycles. The van der Waals surface area contributed by atoms with Gasteiger partial charge >= 0.3 is 0 Å². The number of nitrogens with zero attached hydrogens (tertiary/aromatic N) is 1. The summed E-state index contributed by atoms with van der Waals surface area (Å²) in [4.78, 5) is 0.240. The Morgan fingerprint density at radius 3 is 2.65 bits per heavy atom. The van der Waals surface area contributed by atoms with Crippen LogP contribution in [0.1, 0.15) is 12.5 Å². The van der Waals surface area contributed by atoms with Gasteiger partial charge in [0.15, 0.2) is 0 Å². The highest BCUT2D eigenvalue weighted by Crippen LogP contribution is 2.27. The van der Waals surface area contributed by atoms with Gasteiger partial charge in [-0.05, 0) is 60.1 Å². The number of aryl methyl sites for hydroxylation is 1. The Morgan fingerprint density at radius 1 is 1.30 bits per heavy atom. The fourth-order valence-corrected chi connectivity index (χ4v) is 3.73. The first kappa shape index (κ1) is 17.6. The lowest BCUT2D eigenvalue weighted by molar-refractivity contribution is 0.570. The first-order chi connectivity index (χ1) is 10.9. The van der Waals surface area contributed by atoms with Gasteiger partial charge in [-0.2, -0.15) is 5.26 Å². The SMILES string of the molecule is CCc1cc(SC#N)ccc1NS(=O)(=O)c1ccc(Cl)cc1F. The van der Waals surface area contributed by atoms with E-state index < -0.39 is 20.7 Å². The normalized spacial score (nSPS) is 11.0. The van der Waals surface area contributed by atoms with E-state index in [-0.39, 0.29) is 5.02 Å². The maximum absolute atomic E-state index is 13.9. The van der Waals surface area contributed by atoms with Gasteiger partial charge in [0.1, 0.15) is 16.1 Å². The average Bonchev–Trinajstić information content (AvgIpc) is 2.48. The van der Waals surface area contributed by atoms with Gasteiger partial charge < -0.3 is 0 Å². The first-order valence-electron chi connectivity index (χ1n) is 6.54. The number of thiocyanates is 1. The minimum absolute atomic E-state index is 0.119. The number of thioether (sulfide) groups is 1. The fourth-order valence-electron chi connectivity index (χ4n) is 1.97. The van der Waals surface area contributed by atoms with Crippen LogP contribution in [0, 0.1) is 16.5 Å². The highest BCUT2D eigenvalue weighted by molar-refractivity contribution is 8.03. The molecule has 2 aromatic rings. The molecule has 0 aliphatic carbocycles. The van der Waals surface area contributed by atoms with Crippen LogP contribution in [-0.4, -0.2) is 8.42 Å². The van der Waals surface area contributed by atoms with Crippen molar-refractivity contribution in [2.75, 3.05) is 4.72 Å². The predicted octanol–water partition coefficient (Wildman–Crippen LogP) is 4.42. The minimum atomic E-state index is -4.07. The summed E-state index contributed by atoms with van der Waals surface area (Å²) in [5.41, 5.74) is 1.06. The Morgan fingerprint density at radius 2 is 2.04 bits per heavy atom. The van der Waals surface area contributed by atoms with E-state index in [1.54, 1.807) is 18.2 Å². The summed E-state index contributed by atoms with van der Waals surface area (Å²) in [5, 5.41) is 10.8. The van der Waals surface area contributed by atoms with Crippen molar-refractivity contribution in [3.8, 4) is 5.40 Å². The molecule has 0 heterocycles. The van der Waals surface area contributed by atoms with Crippen LogP contribution in [0.25, 0.3) is 0 Å². The van der Waals surface area contributed by atoms with Crippen LogP contribution in [0.3, 0.4) is 0 Å². The van der Waals surface area contributed by atoms with Crippen molar-refractivity contribution in [2.45, 2.75) is 23.1 Å². The highest BCUT2D eigenvalue weighted by Gasteiger charge is 2.20. The molecule has 4 nitrogen and oxygen atoms in total. The van der Waals surface area contributed by atoms with E-state index >= 15 is 0 Å². The lowest BCUT2D eigenvalue weighted by atomic mass is 10.1. The number of halogens is 2. The summed E-state index contributed by atoms with van der Waals surface area (Å²) >= 11 is 6.62. The van der Waals surface area contributed by atoms with Crippen LogP contribution >= 0.6 is 23.4 Å². The molecule has 0 spiro atoms. The van der Waals surface area contributed by atoms with Gasteiger partial charge in [0.05, 0.1) is 5.69 Å². The Kier molecular flexibility index (Phi) is 5.52. The number of sulfonamides is 1. The quantitative estimate of drug-likeness (QED) is 0.625. The monoisotopic (exact) mass is 370 g/mol. The van der Waals surface area contributed by atoms with Crippen LogP contribution in [0.5, 0.6) is 0 Å². The molecule has 0 fully saturated rings. The van der Waals surface area contributed by atoms with Gasteiger partial charge in [0.2, 0.25) is 0 Å². The molecule has 0 radical (unpaired) electrons. The number of nitriles is 1. The summed E-state index contributed by atoms with van der Waals surface area (Å²) in [6.45, 7) is 1.86. The molecular formula is C15H12ClFN2O2S2. The standard InChI is InChI=1S/C15H12ClFN2O2S2/c1-2-10-7-12(22-9-18)4-5-14(10)19-23(20,21)15-6-3-11(16)8-13(15)17/h3-8,19H,2H2,1H3. The Balaban J connectivity index is 2.39. The van der Waals surface area contributed by atoms with E-state index in [1.807, 2.05) is 12.3 Å². The molecule has 0 unspecified atom stereocenters. The second-order valence-corrected chi connectivity index (χ2v) is 7.49. The third-order valence-corrected chi connectivity index (χ3v) is 5.26. The summed E-state index contributed by atoms with van der Waals surface area (Å²) in [6, 6.07) is 8.29. The smallest absolute Gasteiger partial charge is 0.264 e. The van der Waals surface area contributed by atoms with Crippen LogP contribution < -0.4 is 4.72 Å². The zero-order chi connectivity index (χ0) is 17.0. The molecule has 8 heteroatoms. The number of hydrogen-bond donors (Lipinski definition) is 1. The first-order valence-corrected chi connectivity index (χ1v) is 9.22. The summed E-state index contributed by atoms with van der Waals surface area (Å²) in [6.07, 6.45) is 0.556. The Hall–Kier alpha value is -1.75. The lowest BCUT2D eigenvalue weighted by Gasteiger charge is -2.13. The number of anilines is 1. The van der Waals surface area contributed by atoms with Gasteiger partial charge in [-0.3, -0.25) is 4.72 Å². The average molecular weight is 371 g/mol. The second kappa shape index (κ2) is 7.21. The summed E-state index contributed by atoms with van der Waals surface area (Å²) < 4.78 is 41.0. The van der Waals surface area contributed by atoms with E-state index in [0.717, 1.165) is 23.9 Å². The van der Waals surface area contributed by atoms with Crippen molar-refractivity contribution in [1.82, 2.24) is 0 Å². The lowest BCUT2D eigenvalue weighted by Crippen LogP contribution is -2.15. The fraction of sp³-hybridized carbons (Fsp3) is 0.133. The molecule has 1 N–H and O–H groups in total. The predicted molar refractivity (Wildman–Crippen MR) is 89.5 cm³/mol. The molecular weight excluding hydrogens is 359 g/mol. The van der Waals surface area contributed by atoms with Gasteiger partial charge in [0, 0.05) is 9.92 Å². The maximum atomic E-state index is 13.9. The van der Waals surface area contributed by atoms with Crippen LogP contribution in [0.15, 0.2) is 46.2 Å². The number of rotatable bonds is 5. The molecule has 120 valence electrons. The van der Waals surface area contributed by atoms with Crippen molar-refractivity contribution in [3.05, 3.63) is 52.8 Å². The zero-order valence-electron chi connectivity index (χ0n) is 12.0.